The number of halogens is 3. The predicted molar refractivity (Wildman–Crippen MR) is 98.6 cm³/mol. The SMILES string of the molecule is C=C(/C=C(\Nc1ccc2ccn(C)c(=N)c2c1)C1=CCC=CO1)C(F)(F)F. The van der Waals surface area contributed by atoms with Gasteiger partial charge in [-0.05, 0) is 48.2 Å². The van der Waals surface area contributed by atoms with E-state index in [-0.39, 0.29) is 11.5 Å². The van der Waals surface area contributed by atoms with Crippen LogP contribution in [0.5, 0.6) is 0 Å². The van der Waals surface area contributed by atoms with E-state index in [0.717, 1.165) is 11.5 Å². The Morgan fingerprint density at radius 2 is 2.11 bits per heavy atom. The van der Waals surface area contributed by atoms with Crippen molar-refractivity contribution in [1.29, 1.82) is 5.41 Å². The summed E-state index contributed by atoms with van der Waals surface area (Å²) in [4.78, 5) is 0. The molecule has 0 saturated heterocycles. The molecule has 0 radical (unpaired) electrons. The van der Waals surface area contributed by atoms with E-state index in [9.17, 15) is 13.2 Å². The summed E-state index contributed by atoms with van der Waals surface area (Å²) in [6, 6.07) is 7.14. The van der Waals surface area contributed by atoms with Crippen LogP contribution in [0.25, 0.3) is 10.8 Å². The number of ether oxygens (including phenoxy) is 1. The zero-order valence-corrected chi connectivity index (χ0v) is 14.6. The van der Waals surface area contributed by atoms with Gasteiger partial charge in [-0.25, -0.2) is 0 Å². The van der Waals surface area contributed by atoms with Crippen molar-refractivity contribution < 1.29 is 17.9 Å². The highest BCUT2D eigenvalue weighted by molar-refractivity contribution is 5.85. The lowest BCUT2D eigenvalue weighted by atomic mass is 10.1. The molecule has 2 heterocycles. The molecule has 0 unspecified atom stereocenters. The molecule has 1 aromatic heterocycles. The summed E-state index contributed by atoms with van der Waals surface area (Å²) in [5.41, 5.74) is 0.00482. The largest absolute Gasteiger partial charge is 0.463 e. The Morgan fingerprint density at radius 3 is 2.78 bits per heavy atom. The van der Waals surface area contributed by atoms with Crippen molar-refractivity contribution in [2.75, 3.05) is 5.32 Å². The van der Waals surface area contributed by atoms with Gasteiger partial charge in [0.15, 0.2) is 0 Å². The van der Waals surface area contributed by atoms with Gasteiger partial charge in [-0.3, -0.25) is 5.41 Å². The predicted octanol–water partition coefficient (Wildman–Crippen LogP) is 4.89. The lowest BCUT2D eigenvalue weighted by Gasteiger charge is -2.18. The average molecular weight is 373 g/mol. The number of benzene rings is 1. The molecule has 0 spiro atoms. The molecule has 1 aliphatic rings. The van der Waals surface area contributed by atoms with Crippen LogP contribution in [0, 0.1) is 5.41 Å². The maximum absolute atomic E-state index is 12.9. The Bertz CT molecular complexity index is 1040. The molecule has 4 nitrogen and oxygen atoms in total. The molecule has 0 aliphatic carbocycles. The van der Waals surface area contributed by atoms with E-state index in [1.807, 2.05) is 12.1 Å². The Hall–Kier alpha value is -3.22. The minimum absolute atomic E-state index is 0.146. The molecule has 0 fully saturated rings. The summed E-state index contributed by atoms with van der Waals surface area (Å²) in [6.45, 7) is 3.10. The minimum atomic E-state index is -4.54. The molecular weight excluding hydrogens is 355 g/mol. The van der Waals surface area contributed by atoms with E-state index in [1.165, 1.54) is 6.26 Å². The zero-order valence-electron chi connectivity index (χ0n) is 14.6. The number of fused-ring (bicyclic) bond motifs is 1. The highest BCUT2D eigenvalue weighted by Crippen LogP contribution is 2.29. The Kier molecular flexibility index (Phi) is 4.94. The fourth-order valence-electron chi connectivity index (χ4n) is 2.60. The van der Waals surface area contributed by atoms with E-state index < -0.39 is 11.7 Å². The quantitative estimate of drug-likeness (QED) is 0.750. The van der Waals surface area contributed by atoms with Crippen LogP contribution in [0.15, 0.2) is 78.6 Å². The van der Waals surface area contributed by atoms with Crippen LogP contribution in [0.2, 0.25) is 0 Å². The van der Waals surface area contributed by atoms with Crippen LogP contribution in [0.3, 0.4) is 0 Å². The molecule has 0 amide bonds. The van der Waals surface area contributed by atoms with Gasteiger partial charge in [-0.1, -0.05) is 12.6 Å². The highest BCUT2D eigenvalue weighted by Gasteiger charge is 2.31. The van der Waals surface area contributed by atoms with Crippen LogP contribution in [0.1, 0.15) is 6.42 Å². The van der Waals surface area contributed by atoms with Crippen molar-refractivity contribution in [2.45, 2.75) is 12.6 Å². The fourth-order valence-corrected chi connectivity index (χ4v) is 2.60. The molecule has 0 atom stereocenters. The van der Waals surface area contributed by atoms with Crippen LogP contribution in [-0.2, 0) is 11.8 Å². The second-order valence-corrected chi connectivity index (χ2v) is 6.08. The van der Waals surface area contributed by atoms with Gasteiger partial charge in [-0.2, -0.15) is 13.2 Å². The lowest BCUT2D eigenvalue weighted by molar-refractivity contribution is -0.0878. The van der Waals surface area contributed by atoms with E-state index in [2.05, 4.69) is 11.9 Å². The first-order valence-corrected chi connectivity index (χ1v) is 8.17. The van der Waals surface area contributed by atoms with E-state index >= 15 is 0 Å². The van der Waals surface area contributed by atoms with Crippen molar-refractivity contribution in [1.82, 2.24) is 4.57 Å². The summed E-state index contributed by atoms with van der Waals surface area (Å²) in [7, 11) is 1.76. The third-order valence-electron chi connectivity index (χ3n) is 4.10. The number of nitrogens with zero attached hydrogens (tertiary/aromatic N) is 1. The number of hydrogen-bond acceptors (Lipinski definition) is 3. The molecule has 27 heavy (non-hydrogen) atoms. The van der Waals surface area contributed by atoms with Crippen LogP contribution < -0.4 is 10.8 Å². The Morgan fingerprint density at radius 1 is 1.33 bits per heavy atom. The van der Waals surface area contributed by atoms with Gasteiger partial charge < -0.3 is 14.6 Å². The number of alkyl halides is 3. The first-order chi connectivity index (χ1) is 12.8. The van der Waals surface area contributed by atoms with Crippen molar-refractivity contribution in [2.24, 2.45) is 7.05 Å². The molecule has 2 N–H and O–H groups in total. The molecule has 0 bridgehead atoms. The number of anilines is 1. The smallest absolute Gasteiger partial charge is 0.415 e. The van der Waals surface area contributed by atoms with Crippen LogP contribution in [-0.4, -0.2) is 10.7 Å². The highest BCUT2D eigenvalue weighted by atomic mass is 19.4. The molecule has 7 heteroatoms. The van der Waals surface area contributed by atoms with E-state index in [0.29, 0.717) is 23.0 Å². The zero-order chi connectivity index (χ0) is 19.6. The number of rotatable bonds is 4. The van der Waals surface area contributed by atoms with Crippen molar-refractivity contribution in [3.05, 3.63) is 84.0 Å². The fraction of sp³-hybridized carbons (Fsp3) is 0.150. The van der Waals surface area contributed by atoms with Crippen molar-refractivity contribution >= 4 is 16.5 Å². The molecule has 1 aromatic carbocycles. The second kappa shape index (κ2) is 7.19. The molecular formula is C20H18F3N3O. The number of pyridine rings is 1. The summed E-state index contributed by atoms with van der Waals surface area (Å²) < 4.78 is 45.9. The van der Waals surface area contributed by atoms with Crippen molar-refractivity contribution in [3.63, 3.8) is 0 Å². The minimum Gasteiger partial charge on any atom is -0.463 e. The van der Waals surface area contributed by atoms with E-state index in [1.54, 1.807) is 42.1 Å². The number of aromatic nitrogens is 1. The monoisotopic (exact) mass is 373 g/mol. The number of allylic oxidation sites excluding steroid dienone is 4. The van der Waals surface area contributed by atoms with Gasteiger partial charge in [0.1, 0.15) is 11.2 Å². The van der Waals surface area contributed by atoms with Gasteiger partial charge in [0.25, 0.3) is 0 Å². The normalized spacial score (nSPS) is 14.7. The van der Waals surface area contributed by atoms with Gasteiger partial charge in [0, 0.05) is 24.3 Å². The van der Waals surface area contributed by atoms with Crippen LogP contribution in [0.4, 0.5) is 18.9 Å². The second-order valence-electron chi connectivity index (χ2n) is 6.08. The van der Waals surface area contributed by atoms with Crippen LogP contribution >= 0.6 is 0 Å². The van der Waals surface area contributed by atoms with Gasteiger partial charge in [0.2, 0.25) is 0 Å². The molecule has 140 valence electrons. The third-order valence-corrected chi connectivity index (χ3v) is 4.10. The lowest BCUT2D eigenvalue weighted by Crippen LogP contribution is -2.16. The summed E-state index contributed by atoms with van der Waals surface area (Å²) in [5, 5.41) is 12.7. The average Bonchev–Trinajstić information content (AvgIpc) is 2.64. The number of hydrogen-bond donors (Lipinski definition) is 2. The van der Waals surface area contributed by atoms with Crippen molar-refractivity contribution in [3.8, 4) is 0 Å². The maximum Gasteiger partial charge on any atom is 0.415 e. The van der Waals surface area contributed by atoms with E-state index in [4.69, 9.17) is 10.1 Å². The molecule has 2 aromatic rings. The summed E-state index contributed by atoms with van der Waals surface area (Å²) in [6.07, 6.45) is 3.58. The summed E-state index contributed by atoms with van der Waals surface area (Å²) in [5.74, 6) is 0.285. The molecule has 0 saturated carbocycles. The first kappa shape index (κ1) is 18.6. The first-order valence-electron chi connectivity index (χ1n) is 8.17. The van der Waals surface area contributed by atoms with Gasteiger partial charge >= 0.3 is 6.18 Å². The summed E-state index contributed by atoms with van der Waals surface area (Å²) >= 11 is 0. The van der Waals surface area contributed by atoms with Gasteiger partial charge in [-0.15, -0.1) is 0 Å². The number of aryl methyl sites for hydroxylation is 1. The Balaban J connectivity index is 2.01. The maximum atomic E-state index is 12.9. The number of nitrogens with one attached hydrogen (secondary N) is 2. The topological polar surface area (TPSA) is 50.0 Å². The molecule has 3 rings (SSSR count). The standard InChI is InChI=1S/C20H18F3N3O/c1-13(20(21,22)23)11-17(18-5-3-4-10-27-18)25-15-7-6-14-8-9-26(2)19(24)16(14)12-15/h4-12,24-25H,1,3H2,2H3/b17-11-,24-19?. The third kappa shape index (κ3) is 4.13. The van der Waals surface area contributed by atoms with Gasteiger partial charge in [0.05, 0.1) is 17.5 Å². The molecule has 1 aliphatic heterocycles. The Labute approximate surface area is 154 Å².